The number of nitrogens with two attached hydrogens (primary N) is 1. The Morgan fingerprint density at radius 1 is 1.44 bits per heavy atom. The minimum atomic E-state index is -0.645. The van der Waals surface area contributed by atoms with Crippen LogP contribution in [0.1, 0.15) is 20.8 Å². The lowest BCUT2D eigenvalue weighted by molar-refractivity contribution is -0.137. The molecule has 1 aromatic rings. The number of hydrogen-bond donors (Lipinski definition) is 1. The molecule has 4 nitrogen and oxygen atoms in total. The lowest BCUT2D eigenvalue weighted by Gasteiger charge is -2.23. The number of carbonyl (C=O) groups excluding carboxylic acids is 1. The Hall–Kier alpha value is -1.78. The van der Waals surface area contributed by atoms with E-state index in [2.05, 4.69) is 0 Å². The van der Waals surface area contributed by atoms with Gasteiger partial charge in [0, 0.05) is 19.2 Å². The predicted octanol–water partition coefficient (Wildman–Crippen LogP) is 2.04. The quantitative estimate of drug-likeness (QED) is 0.818. The summed E-state index contributed by atoms with van der Waals surface area (Å²) >= 11 is 0. The summed E-state index contributed by atoms with van der Waals surface area (Å²) in [5.74, 6) is -0.359. The Kier molecular flexibility index (Phi) is 4.95. The molecule has 5 heteroatoms. The molecule has 0 fully saturated rings. The molecule has 18 heavy (non-hydrogen) atoms. The maximum Gasteiger partial charge on any atom is 0.263 e. The van der Waals surface area contributed by atoms with Crippen LogP contribution in [0.25, 0.3) is 0 Å². The van der Waals surface area contributed by atoms with Crippen molar-refractivity contribution in [2.75, 3.05) is 18.8 Å². The van der Waals surface area contributed by atoms with E-state index in [0.717, 1.165) is 0 Å². The number of ether oxygens (including phenoxy) is 1. The number of likely N-dealkylation sites (N-methyl/N-ethyl adjacent to an activating group) is 1. The second-order valence-corrected chi connectivity index (χ2v) is 3.95. The van der Waals surface area contributed by atoms with Gasteiger partial charge in [-0.15, -0.1) is 0 Å². The molecule has 0 aliphatic carbocycles. The summed E-state index contributed by atoms with van der Waals surface area (Å²) in [6, 6.07) is 4.14. The molecule has 1 amide bonds. The zero-order chi connectivity index (χ0) is 13.7. The van der Waals surface area contributed by atoms with Gasteiger partial charge in [-0.2, -0.15) is 0 Å². The van der Waals surface area contributed by atoms with E-state index in [0.29, 0.717) is 18.8 Å². The Bertz CT molecular complexity index is 419. The van der Waals surface area contributed by atoms with Gasteiger partial charge in [-0.1, -0.05) is 0 Å². The molecule has 100 valence electrons. The van der Waals surface area contributed by atoms with Crippen LogP contribution in [-0.4, -0.2) is 30.0 Å². The van der Waals surface area contributed by atoms with Gasteiger partial charge in [-0.05, 0) is 32.9 Å². The first-order valence-electron chi connectivity index (χ1n) is 6.00. The van der Waals surface area contributed by atoms with Crippen LogP contribution in [0.15, 0.2) is 18.2 Å². The molecule has 0 saturated heterocycles. The van der Waals surface area contributed by atoms with Gasteiger partial charge in [-0.3, -0.25) is 4.79 Å². The predicted molar refractivity (Wildman–Crippen MR) is 68.8 cm³/mol. The van der Waals surface area contributed by atoms with Gasteiger partial charge in [-0.25, -0.2) is 4.39 Å². The van der Waals surface area contributed by atoms with Crippen molar-refractivity contribution in [3.05, 3.63) is 24.0 Å². The van der Waals surface area contributed by atoms with Crippen LogP contribution in [-0.2, 0) is 4.79 Å². The minimum Gasteiger partial charge on any atom is -0.481 e. The highest BCUT2D eigenvalue weighted by Gasteiger charge is 2.19. The van der Waals surface area contributed by atoms with Gasteiger partial charge in [0.15, 0.2) is 6.10 Å². The van der Waals surface area contributed by atoms with E-state index in [9.17, 15) is 9.18 Å². The minimum absolute atomic E-state index is 0.0603. The van der Waals surface area contributed by atoms with Crippen LogP contribution in [0.4, 0.5) is 10.1 Å². The molecule has 0 aliphatic rings. The highest BCUT2D eigenvalue weighted by molar-refractivity contribution is 5.80. The molecule has 0 saturated carbocycles. The molecule has 1 unspecified atom stereocenters. The van der Waals surface area contributed by atoms with Crippen molar-refractivity contribution in [3.63, 3.8) is 0 Å². The van der Waals surface area contributed by atoms with Gasteiger partial charge >= 0.3 is 0 Å². The second kappa shape index (κ2) is 6.23. The molecule has 0 radical (unpaired) electrons. The van der Waals surface area contributed by atoms with Gasteiger partial charge < -0.3 is 15.4 Å². The van der Waals surface area contributed by atoms with Crippen molar-refractivity contribution in [1.29, 1.82) is 0 Å². The van der Waals surface area contributed by atoms with Crippen LogP contribution in [0.5, 0.6) is 5.75 Å². The van der Waals surface area contributed by atoms with E-state index < -0.39 is 11.9 Å². The first-order chi connectivity index (χ1) is 8.49. The van der Waals surface area contributed by atoms with Crippen molar-refractivity contribution in [1.82, 2.24) is 4.90 Å². The van der Waals surface area contributed by atoms with Gasteiger partial charge in [0.25, 0.3) is 5.91 Å². The van der Waals surface area contributed by atoms with Crippen molar-refractivity contribution in [2.45, 2.75) is 26.9 Å². The average molecular weight is 254 g/mol. The lowest BCUT2D eigenvalue weighted by Crippen LogP contribution is -2.40. The maximum absolute atomic E-state index is 13.2. The average Bonchev–Trinajstić information content (AvgIpc) is 2.35. The number of hydrogen-bond acceptors (Lipinski definition) is 3. The largest absolute Gasteiger partial charge is 0.481 e. The van der Waals surface area contributed by atoms with Crippen molar-refractivity contribution < 1.29 is 13.9 Å². The van der Waals surface area contributed by atoms with Gasteiger partial charge in [0.1, 0.15) is 11.6 Å². The number of rotatable bonds is 5. The molecule has 1 aromatic carbocycles. The van der Waals surface area contributed by atoms with Gasteiger partial charge in [0.2, 0.25) is 0 Å². The van der Waals surface area contributed by atoms with E-state index in [-0.39, 0.29) is 11.6 Å². The molecule has 0 aromatic heterocycles. The third-order valence-corrected chi connectivity index (χ3v) is 2.71. The molecule has 0 spiro atoms. The van der Waals surface area contributed by atoms with Crippen molar-refractivity contribution in [3.8, 4) is 5.75 Å². The smallest absolute Gasteiger partial charge is 0.263 e. The summed E-state index contributed by atoms with van der Waals surface area (Å²) in [6.45, 7) is 6.70. The molecule has 0 aliphatic heterocycles. The second-order valence-electron chi connectivity index (χ2n) is 3.95. The summed E-state index contributed by atoms with van der Waals surface area (Å²) < 4.78 is 18.6. The Morgan fingerprint density at radius 3 is 2.56 bits per heavy atom. The number of nitrogen functional groups attached to an aromatic ring is 1. The van der Waals surface area contributed by atoms with Gasteiger partial charge in [0.05, 0.1) is 5.69 Å². The fourth-order valence-corrected chi connectivity index (χ4v) is 1.63. The molecule has 1 rings (SSSR count). The van der Waals surface area contributed by atoms with E-state index in [1.54, 1.807) is 17.9 Å². The van der Waals surface area contributed by atoms with Crippen LogP contribution >= 0.6 is 0 Å². The van der Waals surface area contributed by atoms with E-state index in [1.165, 1.54) is 12.1 Å². The number of halogens is 1. The Labute approximate surface area is 107 Å². The Balaban J connectivity index is 2.71. The molecule has 1 atom stereocenters. The standard InChI is InChI=1S/C13H19FN2O2/c1-4-16(5-2)13(17)9(3)18-10-6-7-12(15)11(14)8-10/h6-9H,4-5,15H2,1-3H3. The summed E-state index contributed by atoms with van der Waals surface area (Å²) in [7, 11) is 0. The normalized spacial score (nSPS) is 12.0. The maximum atomic E-state index is 13.2. The molecular weight excluding hydrogens is 235 g/mol. The summed E-state index contributed by atoms with van der Waals surface area (Å²) in [5, 5.41) is 0. The summed E-state index contributed by atoms with van der Waals surface area (Å²) in [6.07, 6.45) is -0.645. The summed E-state index contributed by atoms with van der Waals surface area (Å²) in [4.78, 5) is 13.6. The van der Waals surface area contributed by atoms with Crippen LogP contribution in [0.2, 0.25) is 0 Å². The molecule has 0 heterocycles. The zero-order valence-corrected chi connectivity index (χ0v) is 10.9. The SMILES string of the molecule is CCN(CC)C(=O)C(C)Oc1ccc(N)c(F)c1. The molecular formula is C13H19FN2O2. The number of amides is 1. The third-order valence-electron chi connectivity index (χ3n) is 2.71. The van der Waals surface area contributed by atoms with Crippen molar-refractivity contribution in [2.24, 2.45) is 0 Å². The number of benzene rings is 1. The topological polar surface area (TPSA) is 55.6 Å². The van der Waals surface area contributed by atoms with Crippen LogP contribution in [0.3, 0.4) is 0 Å². The number of nitrogens with zero attached hydrogens (tertiary/aromatic N) is 1. The van der Waals surface area contributed by atoms with E-state index >= 15 is 0 Å². The fourth-order valence-electron chi connectivity index (χ4n) is 1.63. The molecule has 2 N–H and O–H groups in total. The van der Waals surface area contributed by atoms with Crippen LogP contribution in [0, 0.1) is 5.82 Å². The number of carbonyl (C=O) groups is 1. The van der Waals surface area contributed by atoms with E-state index in [4.69, 9.17) is 10.5 Å². The summed E-state index contributed by atoms with van der Waals surface area (Å²) in [5.41, 5.74) is 5.43. The molecule has 0 bridgehead atoms. The van der Waals surface area contributed by atoms with E-state index in [1.807, 2.05) is 13.8 Å². The monoisotopic (exact) mass is 254 g/mol. The number of anilines is 1. The first kappa shape index (κ1) is 14.3. The zero-order valence-electron chi connectivity index (χ0n) is 10.9. The Morgan fingerprint density at radius 2 is 2.06 bits per heavy atom. The van der Waals surface area contributed by atoms with Crippen LogP contribution < -0.4 is 10.5 Å². The first-order valence-corrected chi connectivity index (χ1v) is 6.00. The van der Waals surface area contributed by atoms with Crippen molar-refractivity contribution >= 4 is 11.6 Å². The third kappa shape index (κ3) is 3.35. The highest BCUT2D eigenvalue weighted by Crippen LogP contribution is 2.19. The lowest BCUT2D eigenvalue weighted by atomic mass is 10.3. The fraction of sp³-hybridized carbons (Fsp3) is 0.462. The highest BCUT2D eigenvalue weighted by atomic mass is 19.1.